The second-order valence-corrected chi connectivity index (χ2v) is 7.44. The molecule has 4 heteroatoms. The highest BCUT2D eigenvalue weighted by atomic mass is 14.8. The highest BCUT2D eigenvalue weighted by Gasteiger charge is 2.07. The summed E-state index contributed by atoms with van der Waals surface area (Å²) in [6.07, 6.45) is 7.38. The number of aliphatic imine (C=N–C) groups is 1. The van der Waals surface area contributed by atoms with E-state index >= 15 is 0 Å². The third-order valence-corrected chi connectivity index (χ3v) is 5.43. The molecule has 0 amide bonds. The first-order valence-electron chi connectivity index (χ1n) is 10.1. The summed E-state index contributed by atoms with van der Waals surface area (Å²) in [6.45, 7) is 5.89. The van der Waals surface area contributed by atoms with Crippen LogP contribution in [0, 0.1) is 6.92 Å². The summed E-state index contributed by atoms with van der Waals surface area (Å²) in [6, 6.07) is 22.7. The minimum atomic E-state index is 0.796. The molecule has 0 unspecified atom stereocenters. The van der Waals surface area contributed by atoms with Gasteiger partial charge >= 0.3 is 0 Å². The monoisotopic (exact) mass is 400 g/mol. The first-order chi connectivity index (χ1) is 15.2. The normalized spacial score (nSPS) is 11.7. The predicted molar refractivity (Wildman–Crippen MR) is 129 cm³/mol. The fourth-order valence-electron chi connectivity index (χ4n) is 3.69. The lowest BCUT2D eigenvalue weighted by Crippen LogP contribution is -1.89. The Morgan fingerprint density at radius 1 is 0.806 bits per heavy atom. The van der Waals surface area contributed by atoms with Gasteiger partial charge in [-0.15, -0.1) is 0 Å². The molecule has 5 aromatic rings. The second kappa shape index (κ2) is 7.92. The molecule has 0 radical (unpaired) electrons. The van der Waals surface area contributed by atoms with Gasteiger partial charge in [0.25, 0.3) is 0 Å². The number of rotatable bonds is 4. The van der Waals surface area contributed by atoms with Gasteiger partial charge in [0, 0.05) is 35.1 Å². The van der Waals surface area contributed by atoms with E-state index in [1.165, 1.54) is 5.56 Å². The van der Waals surface area contributed by atoms with Gasteiger partial charge in [-0.1, -0.05) is 36.4 Å². The lowest BCUT2D eigenvalue weighted by molar-refractivity contribution is 1.29. The Bertz CT molecular complexity index is 1470. The van der Waals surface area contributed by atoms with E-state index in [0.29, 0.717) is 0 Å². The molecule has 0 spiro atoms. The number of fused-ring (bicyclic) bond motifs is 2. The van der Waals surface area contributed by atoms with Crippen LogP contribution in [0.25, 0.3) is 44.8 Å². The van der Waals surface area contributed by atoms with Gasteiger partial charge in [0.15, 0.2) is 0 Å². The number of pyridine rings is 1. The molecule has 0 aliphatic rings. The van der Waals surface area contributed by atoms with E-state index < -0.39 is 0 Å². The average molecular weight is 400 g/mol. The summed E-state index contributed by atoms with van der Waals surface area (Å²) < 4.78 is 0. The van der Waals surface area contributed by atoms with E-state index in [4.69, 9.17) is 0 Å². The average Bonchev–Trinajstić information content (AvgIpc) is 2.83. The molecule has 2 aromatic heterocycles. The topological polar surface area (TPSA) is 51.0 Å². The maximum Gasteiger partial charge on any atom is 0.0893 e. The van der Waals surface area contributed by atoms with Gasteiger partial charge in [-0.25, -0.2) is 0 Å². The molecule has 0 aliphatic heterocycles. The van der Waals surface area contributed by atoms with Crippen molar-refractivity contribution in [2.75, 3.05) is 0 Å². The third-order valence-electron chi connectivity index (χ3n) is 5.43. The Hall–Kier alpha value is -4.18. The molecule has 5 rings (SSSR count). The third kappa shape index (κ3) is 3.71. The van der Waals surface area contributed by atoms with Crippen LogP contribution in [0.1, 0.15) is 16.7 Å². The number of aromatic nitrogens is 3. The number of hydrogen-bond donors (Lipinski definition) is 0. The second-order valence-electron chi connectivity index (χ2n) is 7.44. The fraction of sp³-hybridized carbons (Fsp3) is 0.0370. The quantitative estimate of drug-likeness (QED) is 0.261. The molecular formula is C27H20N4. The predicted octanol–water partition coefficient (Wildman–Crippen LogP) is 6.35. The molecule has 0 saturated carbocycles. The van der Waals surface area contributed by atoms with E-state index in [9.17, 15) is 0 Å². The molecule has 31 heavy (non-hydrogen) atoms. The smallest absolute Gasteiger partial charge is 0.0893 e. The molecule has 3 aromatic carbocycles. The number of para-hydroxylation sites is 1. The van der Waals surface area contributed by atoms with Gasteiger partial charge in [0.05, 0.1) is 22.2 Å². The number of benzene rings is 3. The zero-order valence-corrected chi connectivity index (χ0v) is 17.2. The minimum Gasteiger partial charge on any atom is -0.264 e. The molecule has 0 saturated heterocycles. The van der Waals surface area contributed by atoms with Gasteiger partial charge < -0.3 is 0 Å². The molecule has 0 aliphatic carbocycles. The molecular weight excluding hydrogens is 380 g/mol. The molecule has 4 nitrogen and oxygen atoms in total. The van der Waals surface area contributed by atoms with Crippen LogP contribution >= 0.6 is 0 Å². The first-order valence-corrected chi connectivity index (χ1v) is 10.1. The van der Waals surface area contributed by atoms with E-state index in [2.05, 4.69) is 70.0 Å². The molecule has 148 valence electrons. The molecule has 0 fully saturated rings. The lowest BCUT2D eigenvalue weighted by atomic mass is 9.98. The molecule has 0 N–H and O–H groups in total. The Labute approximate surface area is 180 Å². The lowest BCUT2D eigenvalue weighted by Gasteiger charge is -2.09. The van der Waals surface area contributed by atoms with Crippen molar-refractivity contribution in [1.82, 2.24) is 15.0 Å². The Morgan fingerprint density at radius 2 is 1.65 bits per heavy atom. The summed E-state index contributed by atoms with van der Waals surface area (Å²) >= 11 is 0. The van der Waals surface area contributed by atoms with Gasteiger partial charge in [-0.3, -0.25) is 19.9 Å². The summed E-state index contributed by atoms with van der Waals surface area (Å²) in [4.78, 5) is 17.6. The van der Waals surface area contributed by atoms with Crippen molar-refractivity contribution in [3.63, 3.8) is 0 Å². The Kier molecular flexibility index (Phi) is 4.81. The van der Waals surface area contributed by atoms with Crippen LogP contribution in [0.2, 0.25) is 0 Å². The van der Waals surface area contributed by atoms with Crippen LogP contribution in [-0.2, 0) is 0 Å². The molecule has 0 bridgehead atoms. The molecule has 0 atom stereocenters. The zero-order valence-electron chi connectivity index (χ0n) is 17.2. The zero-order chi connectivity index (χ0) is 21.2. The van der Waals surface area contributed by atoms with Crippen LogP contribution in [-0.4, -0.2) is 21.7 Å². The highest BCUT2D eigenvalue weighted by Crippen LogP contribution is 2.28. The minimum absolute atomic E-state index is 0.796. The standard InChI is InChI=1S/C27H20N4/c1-18-7-8-19(23-14-20-5-3-4-6-24(20)31-17-23)13-22(18)16-26(28-2)21-9-10-25-27(15-21)30-12-11-29-25/h3-17H,2H2,1H3/b26-16-. The summed E-state index contributed by atoms with van der Waals surface area (Å²) in [7, 11) is 0. The fourth-order valence-corrected chi connectivity index (χ4v) is 3.69. The van der Waals surface area contributed by atoms with Crippen molar-refractivity contribution < 1.29 is 0 Å². The summed E-state index contributed by atoms with van der Waals surface area (Å²) in [5.41, 5.74) is 8.90. The Morgan fingerprint density at radius 3 is 2.52 bits per heavy atom. The van der Waals surface area contributed by atoms with Crippen LogP contribution in [0.5, 0.6) is 0 Å². The van der Waals surface area contributed by atoms with Crippen molar-refractivity contribution in [3.8, 4) is 11.1 Å². The van der Waals surface area contributed by atoms with Gasteiger partial charge in [0.2, 0.25) is 0 Å². The maximum absolute atomic E-state index is 4.61. The van der Waals surface area contributed by atoms with Crippen molar-refractivity contribution in [3.05, 3.63) is 102 Å². The highest BCUT2D eigenvalue weighted by molar-refractivity contribution is 5.89. The first kappa shape index (κ1) is 18.8. The number of hydrogen-bond acceptors (Lipinski definition) is 4. The van der Waals surface area contributed by atoms with E-state index in [1.807, 2.05) is 42.6 Å². The molecule has 2 heterocycles. The van der Waals surface area contributed by atoms with Gasteiger partial charge in [0.1, 0.15) is 0 Å². The van der Waals surface area contributed by atoms with Gasteiger partial charge in [-0.05, 0) is 66.7 Å². The van der Waals surface area contributed by atoms with Crippen LogP contribution in [0.4, 0.5) is 0 Å². The van der Waals surface area contributed by atoms with Crippen LogP contribution in [0.15, 0.2) is 90.3 Å². The van der Waals surface area contributed by atoms with Crippen molar-refractivity contribution in [2.24, 2.45) is 4.99 Å². The van der Waals surface area contributed by atoms with E-state index in [0.717, 1.165) is 49.9 Å². The summed E-state index contributed by atoms with van der Waals surface area (Å²) in [5.74, 6) is 0. The Balaban J connectivity index is 1.58. The van der Waals surface area contributed by atoms with Crippen LogP contribution < -0.4 is 0 Å². The number of aryl methyl sites for hydroxylation is 1. The van der Waals surface area contributed by atoms with Gasteiger partial charge in [-0.2, -0.15) is 0 Å². The van der Waals surface area contributed by atoms with E-state index in [1.54, 1.807) is 12.4 Å². The van der Waals surface area contributed by atoms with E-state index in [-0.39, 0.29) is 0 Å². The largest absolute Gasteiger partial charge is 0.264 e. The summed E-state index contributed by atoms with van der Waals surface area (Å²) in [5, 5.41) is 1.13. The van der Waals surface area contributed by atoms with Crippen molar-refractivity contribution in [2.45, 2.75) is 6.92 Å². The maximum atomic E-state index is 4.61. The van der Waals surface area contributed by atoms with Crippen molar-refractivity contribution >= 4 is 40.4 Å². The van der Waals surface area contributed by atoms with Crippen LogP contribution in [0.3, 0.4) is 0 Å². The number of nitrogens with zero attached hydrogens (tertiary/aromatic N) is 4. The van der Waals surface area contributed by atoms with Crippen molar-refractivity contribution in [1.29, 1.82) is 0 Å². The SMILES string of the molecule is C=N/C(=C\c1cc(-c2cnc3ccccc3c2)ccc1C)c1ccc2nccnc2c1.